The first kappa shape index (κ1) is 16.1. The highest BCUT2D eigenvalue weighted by Crippen LogP contribution is 2.18. The van der Waals surface area contributed by atoms with Gasteiger partial charge in [-0.15, -0.1) is 0 Å². The molecule has 2 aromatic rings. The van der Waals surface area contributed by atoms with Gasteiger partial charge in [0.15, 0.2) is 0 Å². The summed E-state index contributed by atoms with van der Waals surface area (Å²) >= 11 is 0. The molecule has 0 atom stereocenters. The predicted octanol–water partition coefficient (Wildman–Crippen LogP) is 2.95. The number of likely N-dealkylation sites (tertiary alicyclic amines) is 1. The maximum Gasteiger partial charge on any atom is 0.319 e. The molecule has 2 heterocycles. The van der Waals surface area contributed by atoms with Crippen LogP contribution in [0.15, 0.2) is 53.3 Å². The van der Waals surface area contributed by atoms with Crippen molar-refractivity contribution >= 4 is 17.6 Å². The Hall–Kier alpha value is -2.76. The third-order valence-corrected chi connectivity index (χ3v) is 4.25. The van der Waals surface area contributed by atoms with Gasteiger partial charge in [0.25, 0.3) is 5.91 Å². The molecule has 24 heavy (non-hydrogen) atoms. The van der Waals surface area contributed by atoms with Crippen LogP contribution in [0.25, 0.3) is 0 Å². The van der Waals surface area contributed by atoms with E-state index in [1.165, 1.54) is 12.5 Å². The maximum atomic E-state index is 12.2. The monoisotopic (exact) mass is 327 g/mol. The highest BCUT2D eigenvalue weighted by atomic mass is 16.3. The lowest BCUT2D eigenvalue weighted by Crippen LogP contribution is -2.42. The summed E-state index contributed by atoms with van der Waals surface area (Å²) in [6.45, 7) is 2.03. The summed E-state index contributed by atoms with van der Waals surface area (Å²) in [4.78, 5) is 25.9. The summed E-state index contributed by atoms with van der Waals surface area (Å²) < 4.78 is 4.96. The van der Waals surface area contributed by atoms with Gasteiger partial charge < -0.3 is 20.0 Å². The average molecular weight is 327 g/mol. The summed E-state index contributed by atoms with van der Waals surface area (Å²) in [6, 6.07) is 10.8. The van der Waals surface area contributed by atoms with Crippen LogP contribution in [-0.4, -0.2) is 36.5 Å². The standard InChI is InChI=1S/C18H21N3O3/c22-17(15-8-11-24-13-15)21-9-6-14(7-10-21)12-19-18(23)20-16-4-2-1-3-5-16/h1-5,8,11,13-14H,6-7,9-10,12H2,(H2,19,20,23). The second kappa shape index (κ2) is 7.68. The quantitative estimate of drug-likeness (QED) is 0.906. The summed E-state index contributed by atoms with van der Waals surface area (Å²) in [5.74, 6) is 0.400. The van der Waals surface area contributed by atoms with Crippen LogP contribution in [0, 0.1) is 5.92 Å². The van der Waals surface area contributed by atoms with Crippen molar-refractivity contribution in [2.24, 2.45) is 5.92 Å². The van der Waals surface area contributed by atoms with Crippen LogP contribution in [0.4, 0.5) is 10.5 Å². The van der Waals surface area contributed by atoms with Crippen molar-refractivity contribution in [3.05, 3.63) is 54.5 Å². The van der Waals surface area contributed by atoms with Crippen molar-refractivity contribution in [3.8, 4) is 0 Å². The number of benzene rings is 1. The summed E-state index contributed by atoms with van der Waals surface area (Å²) in [7, 11) is 0. The van der Waals surface area contributed by atoms with E-state index in [4.69, 9.17) is 4.42 Å². The van der Waals surface area contributed by atoms with E-state index in [9.17, 15) is 9.59 Å². The Morgan fingerprint density at radius 2 is 1.88 bits per heavy atom. The Kier molecular flexibility index (Phi) is 5.15. The predicted molar refractivity (Wildman–Crippen MR) is 90.8 cm³/mol. The zero-order valence-corrected chi connectivity index (χ0v) is 13.4. The lowest BCUT2D eigenvalue weighted by Gasteiger charge is -2.31. The number of carbonyl (C=O) groups excluding carboxylic acids is 2. The minimum absolute atomic E-state index is 0.0111. The van der Waals surface area contributed by atoms with Gasteiger partial charge >= 0.3 is 6.03 Å². The van der Waals surface area contributed by atoms with Crippen molar-refractivity contribution < 1.29 is 14.0 Å². The van der Waals surface area contributed by atoms with Gasteiger partial charge in [-0.25, -0.2) is 4.79 Å². The smallest absolute Gasteiger partial charge is 0.319 e. The lowest BCUT2D eigenvalue weighted by atomic mass is 9.96. The van der Waals surface area contributed by atoms with E-state index in [2.05, 4.69) is 10.6 Å². The summed E-state index contributed by atoms with van der Waals surface area (Å²) in [5.41, 5.74) is 1.37. The molecule has 1 saturated heterocycles. The average Bonchev–Trinajstić information content (AvgIpc) is 3.15. The molecule has 126 valence electrons. The molecule has 1 aromatic carbocycles. The molecule has 0 saturated carbocycles. The number of piperidine rings is 1. The molecule has 0 spiro atoms. The number of nitrogens with zero attached hydrogens (tertiary/aromatic N) is 1. The second-order valence-electron chi connectivity index (χ2n) is 5.95. The van der Waals surface area contributed by atoms with Crippen molar-refractivity contribution in [1.29, 1.82) is 0 Å². The number of amides is 3. The van der Waals surface area contributed by atoms with Crippen LogP contribution in [0.3, 0.4) is 0 Å². The molecule has 2 N–H and O–H groups in total. The van der Waals surface area contributed by atoms with Crippen molar-refractivity contribution in [2.45, 2.75) is 12.8 Å². The van der Waals surface area contributed by atoms with E-state index in [0.29, 0.717) is 31.1 Å². The van der Waals surface area contributed by atoms with Crippen LogP contribution in [-0.2, 0) is 0 Å². The van der Waals surface area contributed by atoms with Gasteiger partial charge in [-0.2, -0.15) is 0 Å². The first-order chi connectivity index (χ1) is 11.7. The van der Waals surface area contributed by atoms with Crippen LogP contribution in [0.1, 0.15) is 23.2 Å². The Balaban J connectivity index is 1.39. The fourth-order valence-electron chi connectivity index (χ4n) is 2.84. The van der Waals surface area contributed by atoms with Crippen LogP contribution < -0.4 is 10.6 Å². The number of para-hydroxylation sites is 1. The molecule has 3 rings (SSSR count). The zero-order chi connectivity index (χ0) is 16.8. The number of furan rings is 1. The SMILES string of the molecule is O=C(NCC1CCN(C(=O)c2ccoc2)CC1)Nc1ccccc1. The van der Waals surface area contributed by atoms with Crippen molar-refractivity contribution in [1.82, 2.24) is 10.2 Å². The number of hydrogen-bond donors (Lipinski definition) is 2. The number of urea groups is 1. The summed E-state index contributed by atoms with van der Waals surface area (Å²) in [6.07, 6.45) is 4.75. The number of carbonyl (C=O) groups is 2. The number of rotatable bonds is 4. The normalized spacial score (nSPS) is 15.1. The molecule has 3 amide bonds. The van der Waals surface area contributed by atoms with Gasteiger partial charge in [-0.3, -0.25) is 4.79 Å². The molecule has 1 aromatic heterocycles. The molecular formula is C18H21N3O3. The minimum Gasteiger partial charge on any atom is -0.472 e. The molecule has 1 aliphatic heterocycles. The third-order valence-electron chi connectivity index (χ3n) is 4.25. The molecule has 0 aliphatic carbocycles. The Morgan fingerprint density at radius 3 is 2.54 bits per heavy atom. The highest BCUT2D eigenvalue weighted by molar-refractivity contribution is 5.93. The first-order valence-electron chi connectivity index (χ1n) is 8.14. The molecule has 0 bridgehead atoms. The van der Waals surface area contributed by atoms with Gasteiger partial charge in [0.1, 0.15) is 6.26 Å². The van der Waals surface area contributed by atoms with Crippen molar-refractivity contribution in [2.75, 3.05) is 25.0 Å². The molecule has 1 fully saturated rings. The zero-order valence-electron chi connectivity index (χ0n) is 13.4. The minimum atomic E-state index is -0.196. The Labute approximate surface area is 140 Å². The van der Waals surface area contributed by atoms with Crippen molar-refractivity contribution in [3.63, 3.8) is 0 Å². The van der Waals surface area contributed by atoms with Crippen LogP contribution >= 0.6 is 0 Å². The molecule has 0 unspecified atom stereocenters. The van der Waals surface area contributed by atoms with Gasteiger partial charge in [0, 0.05) is 25.3 Å². The summed E-state index contributed by atoms with van der Waals surface area (Å²) in [5, 5.41) is 5.71. The van der Waals surface area contributed by atoms with Crippen LogP contribution in [0.2, 0.25) is 0 Å². The Morgan fingerprint density at radius 1 is 1.12 bits per heavy atom. The van der Waals surface area contributed by atoms with E-state index < -0.39 is 0 Å². The number of nitrogens with one attached hydrogen (secondary N) is 2. The van der Waals surface area contributed by atoms with E-state index in [1.54, 1.807) is 6.07 Å². The molecule has 6 nitrogen and oxygen atoms in total. The maximum absolute atomic E-state index is 12.2. The number of anilines is 1. The topological polar surface area (TPSA) is 74.6 Å². The van der Waals surface area contributed by atoms with Gasteiger partial charge in [-0.1, -0.05) is 18.2 Å². The number of hydrogen-bond acceptors (Lipinski definition) is 3. The lowest BCUT2D eigenvalue weighted by molar-refractivity contribution is 0.0690. The fourth-order valence-corrected chi connectivity index (χ4v) is 2.84. The van der Waals surface area contributed by atoms with E-state index in [-0.39, 0.29) is 11.9 Å². The van der Waals surface area contributed by atoms with Gasteiger partial charge in [0.2, 0.25) is 0 Å². The van der Waals surface area contributed by atoms with Gasteiger partial charge in [-0.05, 0) is 37.0 Å². The molecule has 1 aliphatic rings. The molecule has 0 radical (unpaired) electrons. The largest absolute Gasteiger partial charge is 0.472 e. The van der Waals surface area contributed by atoms with E-state index in [0.717, 1.165) is 18.5 Å². The van der Waals surface area contributed by atoms with E-state index >= 15 is 0 Å². The van der Waals surface area contributed by atoms with E-state index in [1.807, 2.05) is 35.2 Å². The molecule has 6 heteroatoms. The van der Waals surface area contributed by atoms with Crippen LogP contribution in [0.5, 0.6) is 0 Å². The molecular weight excluding hydrogens is 306 g/mol. The third kappa shape index (κ3) is 4.16. The highest BCUT2D eigenvalue weighted by Gasteiger charge is 2.24. The van der Waals surface area contributed by atoms with Gasteiger partial charge in [0.05, 0.1) is 11.8 Å². The fraction of sp³-hybridized carbons (Fsp3) is 0.333. The first-order valence-corrected chi connectivity index (χ1v) is 8.14. The second-order valence-corrected chi connectivity index (χ2v) is 5.95. The Bertz CT molecular complexity index is 662.